The SMILES string of the molecule is Cc1cc(C#N)c(F)cc1NN. The summed E-state index contributed by atoms with van der Waals surface area (Å²) in [6.07, 6.45) is 0. The Labute approximate surface area is 69.6 Å². The van der Waals surface area contributed by atoms with Gasteiger partial charge in [-0.15, -0.1) is 0 Å². The molecular formula is C8H8FN3. The van der Waals surface area contributed by atoms with Gasteiger partial charge in [0.15, 0.2) is 0 Å². The standard InChI is InChI=1S/C8H8FN3/c1-5-2-6(4-10)7(9)3-8(5)12-11/h2-3,12H,11H2,1H3. The van der Waals surface area contributed by atoms with E-state index in [4.69, 9.17) is 11.1 Å². The van der Waals surface area contributed by atoms with E-state index in [9.17, 15) is 4.39 Å². The maximum absolute atomic E-state index is 12.9. The lowest BCUT2D eigenvalue weighted by atomic mass is 10.1. The summed E-state index contributed by atoms with van der Waals surface area (Å²) in [5.41, 5.74) is 3.61. The van der Waals surface area contributed by atoms with E-state index in [1.807, 2.05) is 0 Å². The molecule has 4 heteroatoms. The molecule has 0 saturated heterocycles. The highest BCUT2D eigenvalue weighted by atomic mass is 19.1. The lowest BCUT2D eigenvalue weighted by Crippen LogP contribution is -2.08. The maximum Gasteiger partial charge on any atom is 0.143 e. The first kappa shape index (κ1) is 8.50. The van der Waals surface area contributed by atoms with E-state index in [0.29, 0.717) is 5.69 Å². The van der Waals surface area contributed by atoms with Crippen molar-refractivity contribution in [2.24, 2.45) is 5.84 Å². The molecule has 3 nitrogen and oxygen atoms in total. The number of hydrogen-bond acceptors (Lipinski definition) is 3. The molecule has 1 aromatic carbocycles. The van der Waals surface area contributed by atoms with Crippen LogP contribution in [0.25, 0.3) is 0 Å². The smallest absolute Gasteiger partial charge is 0.143 e. The second-order valence-corrected chi connectivity index (χ2v) is 2.40. The van der Waals surface area contributed by atoms with Crippen molar-refractivity contribution in [2.45, 2.75) is 6.92 Å². The zero-order valence-corrected chi connectivity index (χ0v) is 6.56. The highest BCUT2D eigenvalue weighted by molar-refractivity contribution is 5.53. The summed E-state index contributed by atoms with van der Waals surface area (Å²) in [5.74, 6) is 4.55. The van der Waals surface area contributed by atoms with Gasteiger partial charge in [0.05, 0.1) is 11.3 Å². The number of nitrogen functional groups attached to an aromatic ring is 1. The van der Waals surface area contributed by atoms with E-state index < -0.39 is 5.82 Å². The molecule has 0 unspecified atom stereocenters. The molecule has 12 heavy (non-hydrogen) atoms. The van der Waals surface area contributed by atoms with Gasteiger partial charge in [-0.05, 0) is 24.6 Å². The number of nitrogens with zero attached hydrogens (tertiary/aromatic N) is 1. The Kier molecular flexibility index (Phi) is 2.26. The average molecular weight is 165 g/mol. The fourth-order valence-electron chi connectivity index (χ4n) is 0.923. The van der Waals surface area contributed by atoms with Crippen LogP contribution in [0.2, 0.25) is 0 Å². The fraction of sp³-hybridized carbons (Fsp3) is 0.125. The van der Waals surface area contributed by atoms with Crippen molar-refractivity contribution in [3.8, 4) is 6.07 Å². The Morgan fingerprint density at radius 3 is 2.75 bits per heavy atom. The minimum Gasteiger partial charge on any atom is -0.324 e. The molecule has 1 aromatic rings. The Morgan fingerprint density at radius 2 is 2.25 bits per heavy atom. The summed E-state index contributed by atoms with van der Waals surface area (Å²) < 4.78 is 12.9. The first-order chi connectivity index (χ1) is 5.69. The second kappa shape index (κ2) is 3.20. The van der Waals surface area contributed by atoms with Crippen LogP contribution in [0.1, 0.15) is 11.1 Å². The third kappa shape index (κ3) is 1.36. The molecule has 0 aliphatic rings. The van der Waals surface area contributed by atoms with Crippen LogP contribution in [0, 0.1) is 24.1 Å². The molecule has 0 bridgehead atoms. The van der Waals surface area contributed by atoms with E-state index in [0.717, 1.165) is 5.56 Å². The number of rotatable bonds is 1. The van der Waals surface area contributed by atoms with Crippen LogP contribution in [-0.2, 0) is 0 Å². The van der Waals surface area contributed by atoms with Crippen LogP contribution in [0.15, 0.2) is 12.1 Å². The highest BCUT2D eigenvalue weighted by Crippen LogP contribution is 2.18. The minimum absolute atomic E-state index is 0.0338. The van der Waals surface area contributed by atoms with Gasteiger partial charge in [-0.25, -0.2) is 4.39 Å². The third-order valence-electron chi connectivity index (χ3n) is 1.59. The van der Waals surface area contributed by atoms with Crippen LogP contribution in [0.3, 0.4) is 0 Å². The normalized spacial score (nSPS) is 9.17. The number of hydrazine groups is 1. The molecular weight excluding hydrogens is 157 g/mol. The number of benzene rings is 1. The maximum atomic E-state index is 12.9. The largest absolute Gasteiger partial charge is 0.324 e. The van der Waals surface area contributed by atoms with Crippen molar-refractivity contribution in [3.63, 3.8) is 0 Å². The van der Waals surface area contributed by atoms with Gasteiger partial charge in [-0.2, -0.15) is 5.26 Å². The Morgan fingerprint density at radius 1 is 1.58 bits per heavy atom. The van der Waals surface area contributed by atoms with Crippen molar-refractivity contribution in [1.82, 2.24) is 0 Å². The number of hydrogen-bond donors (Lipinski definition) is 2. The Bertz CT molecular complexity index is 340. The monoisotopic (exact) mass is 165 g/mol. The van der Waals surface area contributed by atoms with E-state index in [-0.39, 0.29) is 5.56 Å². The van der Waals surface area contributed by atoms with Crippen LogP contribution < -0.4 is 11.3 Å². The Balaban J connectivity index is 3.28. The lowest BCUT2D eigenvalue weighted by Gasteiger charge is -2.04. The van der Waals surface area contributed by atoms with Gasteiger partial charge >= 0.3 is 0 Å². The molecule has 0 amide bonds. The summed E-state index contributed by atoms with van der Waals surface area (Å²) in [5, 5.41) is 8.46. The summed E-state index contributed by atoms with van der Waals surface area (Å²) in [6, 6.07) is 4.39. The molecule has 0 spiro atoms. The quantitative estimate of drug-likeness (QED) is 0.487. The third-order valence-corrected chi connectivity index (χ3v) is 1.59. The minimum atomic E-state index is -0.559. The fourth-order valence-corrected chi connectivity index (χ4v) is 0.923. The van der Waals surface area contributed by atoms with Gasteiger partial charge in [0, 0.05) is 0 Å². The molecule has 62 valence electrons. The first-order valence-electron chi connectivity index (χ1n) is 3.36. The van der Waals surface area contributed by atoms with Gasteiger partial charge < -0.3 is 5.43 Å². The molecule has 0 atom stereocenters. The molecule has 0 aliphatic heterocycles. The number of nitrogens with one attached hydrogen (secondary N) is 1. The second-order valence-electron chi connectivity index (χ2n) is 2.40. The van der Waals surface area contributed by atoms with E-state index >= 15 is 0 Å². The lowest BCUT2D eigenvalue weighted by molar-refractivity contribution is 0.624. The van der Waals surface area contributed by atoms with Crippen molar-refractivity contribution >= 4 is 5.69 Å². The summed E-state index contributed by atoms with van der Waals surface area (Å²) >= 11 is 0. The van der Waals surface area contributed by atoms with Gasteiger partial charge in [-0.3, -0.25) is 5.84 Å². The van der Waals surface area contributed by atoms with Crippen LogP contribution in [-0.4, -0.2) is 0 Å². The summed E-state index contributed by atoms with van der Waals surface area (Å²) in [4.78, 5) is 0. The van der Waals surface area contributed by atoms with Crippen LogP contribution in [0.4, 0.5) is 10.1 Å². The number of nitrogens with two attached hydrogens (primary N) is 1. The predicted octanol–water partition coefficient (Wildman–Crippen LogP) is 1.29. The van der Waals surface area contributed by atoms with E-state index in [2.05, 4.69) is 5.43 Å². The van der Waals surface area contributed by atoms with E-state index in [1.54, 1.807) is 13.0 Å². The molecule has 0 aromatic heterocycles. The zero-order chi connectivity index (χ0) is 9.14. The van der Waals surface area contributed by atoms with Crippen molar-refractivity contribution in [3.05, 3.63) is 29.1 Å². The summed E-state index contributed by atoms with van der Waals surface area (Å²) in [7, 11) is 0. The summed E-state index contributed by atoms with van der Waals surface area (Å²) in [6.45, 7) is 1.75. The number of halogens is 1. The van der Waals surface area contributed by atoms with E-state index in [1.165, 1.54) is 12.1 Å². The molecule has 0 radical (unpaired) electrons. The predicted molar refractivity (Wildman–Crippen MR) is 43.7 cm³/mol. The van der Waals surface area contributed by atoms with Crippen LogP contribution in [0.5, 0.6) is 0 Å². The average Bonchev–Trinajstić information content (AvgIpc) is 2.08. The number of anilines is 1. The number of aryl methyl sites for hydroxylation is 1. The molecule has 0 saturated carbocycles. The zero-order valence-electron chi connectivity index (χ0n) is 6.56. The molecule has 0 aliphatic carbocycles. The molecule has 0 fully saturated rings. The van der Waals surface area contributed by atoms with Crippen LogP contribution >= 0.6 is 0 Å². The van der Waals surface area contributed by atoms with Gasteiger partial charge in [-0.1, -0.05) is 0 Å². The van der Waals surface area contributed by atoms with Crippen molar-refractivity contribution < 1.29 is 4.39 Å². The van der Waals surface area contributed by atoms with Gasteiger partial charge in [0.1, 0.15) is 11.9 Å². The van der Waals surface area contributed by atoms with Gasteiger partial charge in [0.2, 0.25) is 0 Å². The molecule has 3 N–H and O–H groups in total. The van der Waals surface area contributed by atoms with Crippen molar-refractivity contribution in [1.29, 1.82) is 5.26 Å². The molecule has 0 heterocycles. The van der Waals surface area contributed by atoms with Crippen molar-refractivity contribution in [2.75, 3.05) is 5.43 Å². The number of nitriles is 1. The highest BCUT2D eigenvalue weighted by Gasteiger charge is 2.04. The Hall–Kier alpha value is -1.60. The molecule has 1 rings (SSSR count). The first-order valence-corrected chi connectivity index (χ1v) is 3.36. The van der Waals surface area contributed by atoms with Gasteiger partial charge in [0.25, 0.3) is 0 Å². The topological polar surface area (TPSA) is 61.8 Å².